The summed E-state index contributed by atoms with van der Waals surface area (Å²) < 4.78 is 11.1. The van der Waals surface area contributed by atoms with Crippen LogP contribution in [-0.2, 0) is 11.4 Å². The molecule has 0 saturated heterocycles. The molecule has 0 aliphatic rings. The second-order valence-corrected chi connectivity index (χ2v) is 8.17. The largest absolute Gasteiger partial charge is 0.493 e. The van der Waals surface area contributed by atoms with E-state index in [1.165, 1.54) is 37.5 Å². The molecule has 35 heavy (non-hydrogen) atoms. The number of hydrogen-bond donors (Lipinski definition) is 1. The van der Waals surface area contributed by atoms with Gasteiger partial charge in [0.15, 0.2) is 11.5 Å². The quantitative estimate of drug-likeness (QED) is 0.150. The zero-order valence-electron chi connectivity index (χ0n) is 18.1. The van der Waals surface area contributed by atoms with Gasteiger partial charge in [-0.15, -0.1) is 0 Å². The molecule has 3 aromatic carbocycles. The van der Waals surface area contributed by atoms with Gasteiger partial charge in [0, 0.05) is 12.1 Å². The summed E-state index contributed by atoms with van der Waals surface area (Å²) in [5.41, 5.74) is 0.934. The lowest BCUT2D eigenvalue weighted by Gasteiger charge is -2.14. The van der Waals surface area contributed by atoms with Gasteiger partial charge in [0.25, 0.3) is 11.6 Å². The van der Waals surface area contributed by atoms with Crippen molar-refractivity contribution in [1.82, 2.24) is 0 Å². The van der Waals surface area contributed by atoms with Crippen molar-refractivity contribution in [3.8, 4) is 17.6 Å². The molecule has 0 saturated carbocycles. The summed E-state index contributed by atoms with van der Waals surface area (Å²) in [6.45, 7) is -0.000802. The Bertz CT molecular complexity index is 1370. The van der Waals surface area contributed by atoms with Crippen LogP contribution in [-0.4, -0.2) is 17.9 Å². The van der Waals surface area contributed by atoms with E-state index in [9.17, 15) is 20.2 Å². The number of nitro groups is 1. The molecule has 0 aliphatic heterocycles. The Labute approximate surface area is 215 Å². The first-order chi connectivity index (χ1) is 16.7. The van der Waals surface area contributed by atoms with Gasteiger partial charge < -0.3 is 14.8 Å². The van der Waals surface area contributed by atoms with E-state index in [2.05, 4.69) is 5.32 Å². The van der Waals surface area contributed by atoms with Crippen molar-refractivity contribution in [2.45, 2.75) is 6.61 Å². The number of amides is 1. The fraction of sp³-hybridized carbons (Fsp3) is 0.0833. The number of carbonyl (C=O) groups excluding carboxylic acids is 1. The summed E-state index contributed by atoms with van der Waals surface area (Å²) in [5, 5.41) is 23.6. The number of carbonyl (C=O) groups is 1. The lowest BCUT2D eigenvalue weighted by molar-refractivity contribution is -0.384. The molecule has 0 aromatic heterocycles. The number of anilines is 1. The van der Waals surface area contributed by atoms with Crippen LogP contribution >= 0.6 is 34.8 Å². The Hall–Kier alpha value is -3.77. The highest BCUT2D eigenvalue weighted by atomic mass is 35.5. The maximum absolute atomic E-state index is 12.6. The fourth-order valence-electron chi connectivity index (χ4n) is 2.98. The van der Waals surface area contributed by atoms with Crippen molar-refractivity contribution in [2.24, 2.45) is 0 Å². The first-order valence-corrected chi connectivity index (χ1v) is 11.0. The summed E-state index contributed by atoms with van der Waals surface area (Å²) in [7, 11) is 1.40. The minimum absolute atomic E-state index is 0.000802. The van der Waals surface area contributed by atoms with Gasteiger partial charge in [-0.1, -0.05) is 53.0 Å². The van der Waals surface area contributed by atoms with E-state index in [-0.39, 0.29) is 50.1 Å². The molecule has 0 fully saturated rings. The predicted octanol–water partition coefficient (Wildman–Crippen LogP) is 6.69. The van der Waals surface area contributed by atoms with Gasteiger partial charge in [0.2, 0.25) is 0 Å². The van der Waals surface area contributed by atoms with E-state index in [4.69, 9.17) is 44.3 Å². The molecule has 1 amide bonds. The zero-order valence-corrected chi connectivity index (χ0v) is 20.3. The Balaban J connectivity index is 1.83. The van der Waals surface area contributed by atoms with Crippen molar-refractivity contribution in [1.29, 1.82) is 5.26 Å². The van der Waals surface area contributed by atoms with Crippen LogP contribution in [0.3, 0.4) is 0 Å². The monoisotopic (exact) mass is 531 g/mol. The normalized spacial score (nSPS) is 10.9. The van der Waals surface area contributed by atoms with Gasteiger partial charge in [-0.3, -0.25) is 14.9 Å². The molecule has 0 radical (unpaired) electrons. The summed E-state index contributed by atoms with van der Waals surface area (Å²) in [6.07, 6.45) is 1.33. The molecule has 3 aromatic rings. The average molecular weight is 533 g/mol. The molecule has 8 nitrogen and oxygen atoms in total. The first-order valence-electron chi connectivity index (χ1n) is 9.84. The standard InChI is InChI=1S/C24H16Cl3N3O5/c1-34-21-11-15(8-16(12-28)24(31)29-20-7-3-6-18(25)22(20)27)10-19(26)23(21)35-13-14-4-2-5-17(9-14)30(32)33/h2-11H,13H2,1H3,(H,29,31). The van der Waals surface area contributed by atoms with Gasteiger partial charge in [-0.2, -0.15) is 5.26 Å². The van der Waals surface area contributed by atoms with Crippen LogP contribution in [0.2, 0.25) is 15.1 Å². The lowest BCUT2D eigenvalue weighted by Crippen LogP contribution is -2.13. The Kier molecular flexibility index (Phi) is 8.55. The summed E-state index contributed by atoms with van der Waals surface area (Å²) in [6, 6.07) is 15.6. The van der Waals surface area contributed by atoms with Crippen LogP contribution in [0, 0.1) is 21.4 Å². The van der Waals surface area contributed by atoms with Crippen molar-refractivity contribution in [3.63, 3.8) is 0 Å². The minimum Gasteiger partial charge on any atom is -0.493 e. The average Bonchev–Trinajstić information content (AvgIpc) is 2.84. The van der Waals surface area contributed by atoms with Crippen LogP contribution in [0.25, 0.3) is 6.08 Å². The van der Waals surface area contributed by atoms with Crippen molar-refractivity contribution in [2.75, 3.05) is 12.4 Å². The van der Waals surface area contributed by atoms with Gasteiger partial charge in [-0.25, -0.2) is 0 Å². The number of nitriles is 1. The molecule has 178 valence electrons. The molecular weight excluding hydrogens is 517 g/mol. The second kappa shape index (κ2) is 11.6. The first kappa shape index (κ1) is 25.8. The molecule has 0 spiro atoms. The number of ether oxygens (including phenoxy) is 2. The summed E-state index contributed by atoms with van der Waals surface area (Å²) in [5.74, 6) is -0.256. The number of nitrogens with zero attached hydrogens (tertiary/aromatic N) is 2. The van der Waals surface area contributed by atoms with E-state index < -0.39 is 10.8 Å². The van der Waals surface area contributed by atoms with Crippen LogP contribution in [0.4, 0.5) is 11.4 Å². The van der Waals surface area contributed by atoms with Crippen LogP contribution < -0.4 is 14.8 Å². The highest BCUT2D eigenvalue weighted by molar-refractivity contribution is 6.44. The van der Waals surface area contributed by atoms with Gasteiger partial charge in [-0.05, 0) is 41.5 Å². The third-order valence-corrected chi connectivity index (χ3v) is 5.73. The maximum Gasteiger partial charge on any atom is 0.269 e. The van der Waals surface area contributed by atoms with Gasteiger partial charge >= 0.3 is 0 Å². The fourth-order valence-corrected chi connectivity index (χ4v) is 3.61. The van der Waals surface area contributed by atoms with Crippen molar-refractivity contribution >= 4 is 58.2 Å². The van der Waals surface area contributed by atoms with Crippen LogP contribution in [0.1, 0.15) is 11.1 Å². The lowest BCUT2D eigenvalue weighted by atomic mass is 10.1. The number of methoxy groups -OCH3 is 1. The number of halogens is 3. The van der Waals surface area contributed by atoms with Crippen molar-refractivity contribution < 1.29 is 19.2 Å². The molecule has 0 heterocycles. The molecule has 3 rings (SSSR count). The van der Waals surface area contributed by atoms with E-state index in [1.807, 2.05) is 6.07 Å². The Morgan fingerprint density at radius 2 is 1.89 bits per heavy atom. The van der Waals surface area contributed by atoms with E-state index in [0.29, 0.717) is 11.1 Å². The van der Waals surface area contributed by atoms with E-state index in [1.54, 1.807) is 30.3 Å². The van der Waals surface area contributed by atoms with E-state index in [0.717, 1.165) is 0 Å². The molecule has 1 N–H and O–H groups in total. The second-order valence-electron chi connectivity index (χ2n) is 6.98. The van der Waals surface area contributed by atoms with Gasteiger partial charge in [0.1, 0.15) is 18.2 Å². The van der Waals surface area contributed by atoms with Crippen molar-refractivity contribution in [3.05, 3.63) is 96.5 Å². The highest BCUT2D eigenvalue weighted by Gasteiger charge is 2.16. The minimum atomic E-state index is -0.697. The van der Waals surface area contributed by atoms with Gasteiger partial charge in [0.05, 0.1) is 32.8 Å². The number of nitrogens with one attached hydrogen (secondary N) is 1. The number of hydrogen-bond acceptors (Lipinski definition) is 6. The third kappa shape index (κ3) is 6.43. The summed E-state index contributed by atoms with van der Waals surface area (Å²) in [4.78, 5) is 23.1. The number of rotatable bonds is 8. The molecule has 0 bridgehead atoms. The number of benzene rings is 3. The third-order valence-electron chi connectivity index (χ3n) is 4.63. The molecule has 0 atom stereocenters. The molecule has 0 unspecified atom stereocenters. The highest BCUT2D eigenvalue weighted by Crippen LogP contribution is 2.38. The topological polar surface area (TPSA) is 114 Å². The predicted molar refractivity (Wildman–Crippen MR) is 134 cm³/mol. The number of non-ortho nitro benzene ring substituents is 1. The molecule has 0 aliphatic carbocycles. The van der Waals surface area contributed by atoms with Crippen LogP contribution in [0.15, 0.2) is 60.2 Å². The zero-order chi connectivity index (χ0) is 25.5. The molecule has 11 heteroatoms. The Morgan fingerprint density at radius 3 is 2.57 bits per heavy atom. The molecular formula is C24H16Cl3N3O5. The van der Waals surface area contributed by atoms with E-state index >= 15 is 0 Å². The smallest absolute Gasteiger partial charge is 0.269 e. The summed E-state index contributed by atoms with van der Waals surface area (Å²) >= 11 is 18.4. The maximum atomic E-state index is 12.6. The Morgan fingerprint density at radius 1 is 1.14 bits per heavy atom. The number of nitro benzene ring substituents is 1. The SMILES string of the molecule is COc1cc(C=C(C#N)C(=O)Nc2cccc(Cl)c2Cl)cc(Cl)c1OCc1cccc([N+](=O)[O-])c1. The van der Waals surface area contributed by atoms with Crippen LogP contribution in [0.5, 0.6) is 11.5 Å².